The lowest BCUT2D eigenvalue weighted by Crippen LogP contribution is -2.34. The minimum absolute atomic E-state index is 0.122. The van der Waals surface area contributed by atoms with E-state index in [1.54, 1.807) is 12.1 Å². The van der Waals surface area contributed by atoms with E-state index in [0.29, 0.717) is 0 Å². The fourth-order valence-corrected chi connectivity index (χ4v) is 3.23. The minimum atomic E-state index is -3.87. The number of sulfonamides is 1. The minimum Gasteiger partial charge on any atom is -0.476 e. The van der Waals surface area contributed by atoms with Gasteiger partial charge in [-0.3, -0.25) is 9.59 Å². The number of nitrogens with two attached hydrogens (primary N) is 1. The normalized spacial score (nSPS) is 12.5. The number of carboxylic acid groups (broad SMARTS) is 1. The van der Waals surface area contributed by atoms with Crippen LogP contribution in [0.1, 0.15) is 23.5 Å². The van der Waals surface area contributed by atoms with Crippen molar-refractivity contribution in [2.24, 2.45) is 5.14 Å². The second-order valence-corrected chi connectivity index (χ2v) is 7.75. The molecule has 0 aliphatic rings. The molecule has 0 aliphatic carbocycles. The second kappa shape index (κ2) is 7.45. The van der Waals surface area contributed by atoms with Crippen LogP contribution in [0, 0.1) is 0 Å². The predicted molar refractivity (Wildman–Crippen MR) is 104 cm³/mol. The third-order valence-electron chi connectivity index (χ3n) is 4.23. The molecule has 2 aromatic carbocycles. The van der Waals surface area contributed by atoms with Crippen LogP contribution in [0.15, 0.2) is 58.2 Å². The zero-order valence-electron chi connectivity index (χ0n) is 15.1. The van der Waals surface area contributed by atoms with Gasteiger partial charge in [0, 0.05) is 11.1 Å². The monoisotopic (exact) mass is 416 g/mol. The fraction of sp³-hybridized carbons (Fsp3) is 0.111. The molecule has 3 aromatic rings. The molecule has 1 aromatic heterocycles. The van der Waals surface area contributed by atoms with E-state index in [-0.39, 0.29) is 27.0 Å². The smallest absolute Gasteiger partial charge is 0.357 e. The van der Waals surface area contributed by atoms with Gasteiger partial charge in [-0.25, -0.2) is 23.0 Å². The molecular weight excluding hydrogens is 400 g/mol. The van der Waals surface area contributed by atoms with Gasteiger partial charge in [0.1, 0.15) is 6.04 Å². The maximum Gasteiger partial charge on any atom is 0.357 e. The molecule has 29 heavy (non-hydrogen) atoms. The Morgan fingerprint density at radius 1 is 1.10 bits per heavy atom. The van der Waals surface area contributed by atoms with E-state index in [4.69, 9.17) is 5.14 Å². The summed E-state index contributed by atoms with van der Waals surface area (Å²) in [6.45, 7) is 1.39. The first-order valence-electron chi connectivity index (χ1n) is 8.28. The number of fused-ring (bicyclic) bond motifs is 1. The van der Waals surface area contributed by atoms with E-state index in [2.05, 4.69) is 10.4 Å². The van der Waals surface area contributed by atoms with Crippen LogP contribution >= 0.6 is 0 Å². The highest BCUT2D eigenvalue weighted by Gasteiger charge is 2.22. The van der Waals surface area contributed by atoms with E-state index in [0.717, 1.165) is 4.68 Å². The number of nitrogens with zero attached hydrogens (tertiary/aromatic N) is 2. The second-order valence-electron chi connectivity index (χ2n) is 6.18. The molecule has 11 heteroatoms. The number of hydrogen-bond acceptors (Lipinski definition) is 6. The number of carbonyl (C=O) groups excluding carboxylic acids is 1. The molecule has 3 rings (SSSR count). The van der Waals surface area contributed by atoms with Gasteiger partial charge in [0.15, 0.2) is 5.69 Å². The molecule has 0 aliphatic heterocycles. The average molecular weight is 416 g/mol. The van der Waals surface area contributed by atoms with Crippen LogP contribution in [-0.4, -0.2) is 35.2 Å². The van der Waals surface area contributed by atoms with Gasteiger partial charge in [-0.1, -0.05) is 18.2 Å². The van der Waals surface area contributed by atoms with Gasteiger partial charge >= 0.3 is 5.97 Å². The number of hydrogen-bond donors (Lipinski definition) is 3. The number of primary sulfonamides is 1. The van der Waals surface area contributed by atoms with Crippen molar-refractivity contribution in [1.29, 1.82) is 0 Å². The van der Waals surface area contributed by atoms with Gasteiger partial charge in [-0.05, 0) is 37.3 Å². The van der Waals surface area contributed by atoms with Crippen molar-refractivity contribution in [1.82, 2.24) is 9.78 Å². The van der Waals surface area contributed by atoms with Crippen LogP contribution in [0.25, 0.3) is 10.8 Å². The van der Waals surface area contributed by atoms with Crippen LogP contribution in [0.5, 0.6) is 0 Å². The molecule has 1 atom stereocenters. The van der Waals surface area contributed by atoms with Gasteiger partial charge in [-0.2, -0.15) is 5.10 Å². The first kappa shape index (κ1) is 20.2. The Kier molecular flexibility index (Phi) is 5.18. The summed E-state index contributed by atoms with van der Waals surface area (Å²) < 4.78 is 23.4. The molecule has 0 radical (unpaired) electrons. The zero-order chi connectivity index (χ0) is 21.3. The van der Waals surface area contributed by atoms with Crippen LogP contribution in [0.3, 0.4) is 0 Å². The highest BCUT2D eigenvalue weighted by Crippen LogP contribution is 2.17. The number of aromatic nitrogens is 2. The standard InChI is InChI=1S/C18H16N4O6S/c1-10(16(23)20-11-6-8-12(9-7-11)29(19,27)28)22-17(24)14-5-3-2-4-13(14)15(21-22)18(25)26/h2-10H,1H3,(H,20,23)(H,25,26)(H2,19,27,28)/t10-/m0/s1. The summed E-state index contributed by atoms with van der Waals surface area (Å²) in [7, 11) is -3.87. The Hall–Kier alpha value is -3.57. The zero-order valence-corrected chi connectivity index (χ0v) is 15.9. The van der Waals surface area contributed by atoms with Gasteiger partial charge in [0.2, 0.25) is 15.9 Å². The maximum atomic E-state index is 12.7. The van der Waals surface area contributed by atoms with Crippen LogP contribution in [0.2, 0.25) is 0 Å². The number of carboxylic acids is 1. The predicted octanol–water partition coefficient (Wildman–Crippen LogP) is 0.942. The topological polar surface area (TPSA) is 161 Å². The van der Waals surface area contributed by atoms with Crippen molar-refractivity contribution in [3.05, 3.63) is 64.6 Å². The van der Waals surface area contributed by atoms with Crippen molar-refractivity contribution >= 4 is 38.4 Å². The van der Waals surface area contributed by atoms with E-state index in [1.165, 1.54) is 43.3 Å². The van der Waals surface area contributed by atoms with Crippen molar-refractivity contribution in [3.8, 4) is 0 Å². The first-order valence-corrected chi connectivity index (χ1v) is 9.83. The molecule has 0 spiro atoms. The third-order valence-corrected chi connectivity index (χ3v) is 5.16. The van der Waals surface area contributed by atoms with Crippen LogP contribution in [0.4, 0.5) is 5.69 Å². The van der Waals surface area contributed by atoms with Gasteiger partial charge in [-0.15, -0.1) is 0 Å². The summed E-state index contributed by atoms with van der Waals surface area (Å²) in [6.07, 6.45) is 0. The molecule has 0 saturated carbocycles. The quantitative estimate of drug-likeness (QED) is 0.557. The molecule has 1 amide bonds. The number of anilines is 1. The number of amides is 1. The molecule has 1 heterocycles. The third kappa shape index (κ3) is 4.00. The van der Waals surface area contributed by atoms with Crippen molar-refractivity contribution in [2.75, 3.05) is 5.32 Å². The summed E-state index contributed by atoms with van der Waals surface area (Å²) in [6, 6.07) is 10.1. The first-order chi connectivity index (χ1) is 13.6. The van der Waals surface area contributed by atoms with E-state index in [1.807, 2.05) is 0 Å². The highest BCUT2D eigenvalue weighted by atomic mass is 32.2. The Balaban J connectivity index is 1.96. The van der Waals surface area contributed by atoms with Gasteiger partial charge in [0.25, 0.3) is 5.56 Å². The van der Waals surface area contributed by atoms with E-state index >= 15 is 0 Å². The summed E-state index contributed by atoms with van der Waals surface area (Å²) in [5, 5.41) is 21.1. The Labute approximate surface area is 164 Å². The van der Waals surface area contributed by atoms with Crippen molar-refractivity contribution in [3.63, 3.8) is 0 Å². The summed E-state index contributed by atoms with van der Waals surface area (Å²) in [4.78, 5) is 36.7. The summed E-state index contributed by atoms with van der Waals surface area (Å²) >= 11 is 0. The molecule has 150 valence electrons. The molecule has 0 bridgehead atoms. The molecule has 0 fully saturated rings. The lowest BCUT2D eigenvalue weighted by atomic mass is 10.1. The van der Waals surface area contributed by atoms with Crippen molar-refractivity contribution in [2.45, 2.75) is 17.9 Å². The molecule has 10 nitrogen and oxygen atoms in total. The Morgan fingerprint density at radius 3 is 2.24 bits per heavy atom. The number of nitrogens with one attached hydrogen (secondary N) is 1. The largest absolute Gasteiger partial charge is 0.476 e. The lowest BCUT2D eigenvalue weighted by Gasteiger charge is -2.16. The number of carbonyl (C=O) groups is 2. The molecule has 4 N–H and O–H groups in total. The number of rotatable bonds is 5. The summed E-state index contributed by atoms with van der Waals surface area (Å²) in [5.41, 5.74) is -0.697. The SMILES string of the molecule is C[C@@H](C(=O)Nc1ccc(S(N)(=O)=O)cc1)n1nc(C(=O)O)c2ccccc2c1=O. The molecule has 0 saturated heterocycles. The van der Waals surface area contributed by atoms with Crippen LogP contribution < -0.4 is 16.0 Å². The Morgan fingerprint density at radius 2 is 1.69 bits per heavy atom. The summed E-state index contributed by atoms with van der Waals surface area (Å²) in [5.74, 6) is -1.98. The Bertz CT molecular complexity index is 1280. The number of benzene rings is 2. The van der Waals surface area contributed by atoms with Gasteiger partial charge < -0.3 is 10.4 Å². The number of aromatic carboxylic acids is 1. The van der Waals surface area contributed by atoms with E-state index < -0.39 is 33.5 Å². The van der Waals surface area contributed by atoms with Crippen molar-refractivity contribution < 1.29 is 23.1 Å². The molecule has 0 unspecified atom stereocenters. The fourth-order valence-electron chi connectivity index (χ4n) is 2.71. The van der Waals surface area contributed by atoms with Gasteiger partial charge in [0.05, 0.1) is 10.3 Å². The average Bonchev–Trinajstić information content (AvgIpc) is 2.67. The van der Waals surface area contributed by atoms with Crippen LogP contribution in [-0.2, 0) is 14.8 Å². The molecular formula is C18H16N4O6S. The maximum absolute atomic E-state index is 12.7. The highest BCUT2D eigenvalue weighted by molar-refractivity contribution is 7.89. The van der Waals surface area contributed by atoms with E-state index in [9.17, 15) is 27.9 Å². The lowest BCUT2D eigenvalue weighted by molar-refractivity contribution is -0.119.